The van der Waals surface area contributed by atoms with Crippen molar-refractivity contribution in [3.8, 4) is 17.2 Å². The minimum Gasteiger partial charge on any atom is -0.744 e. The van der Waals surface area contributed by atoms with E-state index in [1.807, 2.05) is 0 Å². The summed E-state index contributed by atoms with van der Waals surface area (Å²) in [5, 5.41) is 64.9. The Morgan fingerprint density at radius 2 is 1.47 bits per heavy atom. The number of carbonyl (C=O) groups excluding carboxylic acids is 1. The van der Waals surface area contributed by atoms with E-state index in [4.69, 9.17) is 19.4 Å². The van der Waals surface area contributed by atoms with Gasteiger partial charge in [0.15, 0.2) is 27.9 Å². The van der Waals surface area contributed by atoms with Crippen molar-refractivity contribution in [1.29, 1.82) is 0 Å². The second kappa shape index (κ2) is 26.0. The van der Waals surface area contributed by atoms with Gasteiger partial charge in [0.1, 0.15) is 38.7 Å². The zero-order chi connectivity index (χ0) is 39.8. The Labute approximate surface area is 426 Å². The van der Waals surface area contributed by atoms with Gasteiger partial charge in [0, 0.05) is 17.0 Å². The molecule has 0 unspecified atom stereocenters. The molecule has 0 aliphatic rings. The minimum atomic E-state index is -5.37. The molecule has 0 aliphatic heterocycles. The Morgan fingerprint density at radius 1 is 0.845 bits per heavy atom. The van der Waals surface area contributed by atoms with E-state index >= 15 is 0 Å². The van der Waals surface area contributed by atoms with Gasteiger partial charge in [-0.25, -0.2) is 16.8 Å². The number of hydrogen-bond acceptors (Lipinski definition) is 24. The number of anilines is 1. The molecule has 0 fully saturated rings. The van der Waals surface area contributed by atoms with Crippen molar-refractivity contribution in [3.05, 3.63) is 53.6 Å². The Kier molecular flexibility index (Phi) is 25.7. The number of rotatable bonds is 18. The first-order valence-electron chi connectivity index (χ1n) is 14.2. The fourth-order valence-corrected chi connectivity index (χ4v) is 7.21. The van der Waals surface area contributed by atoms with Crippen LogP contribution in [0.4, 0.5) is 28.4 Å². The topological polar surface area (TPSA) is 338 Å². The van der Waals surface area contributed by atoms with Crippen molar-refractivity contribution in [3.63, 3.8) is 0 Å². The first kappa shape index (κ1) is 57.3. The summed E-state index contributed by atoms with van der Waals surface area (Å²) in [5.74, 6) is -2.91. The normalized spacial score (nSPS) is 11.4. The number of hydrogen-bond donors (Lipinski definition) is 2. The number of aryl methyl sites for hydroxylation is 1. The van der Waals surface area contributed by atoms with Crippen LogP contribution in [-0.4, -0.2) is 59.0 Å². The monoisotopic (exact) mass is 921 g/mol. The van der Waals surface area contributed by atoms with Crippen molar-refractivity contribution in [1.82, 2.24) is 0 Å². The number of carbonyl (C=O) groups is 1. The molecule has 0 aliphatic carbocycles. The van der Waals surface area contributed by atoms with E-state index in [2.05, 4.69) is 39.2 Å². The van der Waals surface area contributed by atoms with Crippen LogP contribution in [0.5, 0.6) is 17.2 Å². The predicted molar refractivity (Wildman–Crippen MR) is 177 cm³/mol. The van der Waals surface area contributed by atoms with Crippen LogP contribution >= 0.6 is 24.4 Å². The van der Waals surface area contributed by atoms with Crippen LogP contribution < -0.4 is 149 Å². The van der Waals surface area contributed by atoms with Crippen LogP contribution in [0.3, 0.4) is 0 Å². The van der Waals surface area contributed by atoms with Gasteiger partial charge >= 0.3 is 118 Å². The number of ether oxygens (including phenoxy) is 2. The minimum absolute atomic E-state index is 0. The largest absolute Gasteiger partial charge is 1.00 e. The molecular formula is C28H23N5Na4O17S4. The molecule has 4 aromatic carbocycles. The second-order valence-corrected chi connectivity index (χ2v) is 14.9. The molecule has 0 spiro atoms. The second-order valence-electron chi connectivity index (χ2n) is 10.2. The Hall–Kier alpha value is -0.710. The van der Waals surface area contributed by atoms with Gasteiger partial charge in [-0.05, 0) is 48.9 Å². The van der Waals surface area contributed by atoms with E-state index < -0.39 is 97.8 Å². The van der Waals surface area contributed by atoms with E-state index in [1.54, 1.807) is 13.0 Å². The maximum atomic E-state index is 12.9. The third kappa shape index (κ3) is 14.4. The molecule has 22 nitrogen and oxygen atoms in total. The van der Waals surface area contributed by atoms with Gasteiger partial charge in [-0.1, -0.05) is 0 Å². The van der Waals surface area contributed by atoms with E-state index in [-0.39, 0.29) is 154 Å². The van der Waals surface area contributed by atoms with Crippen LogP contribution in [0.2, 0.25) is 0 Å². The zero-order valence-electron chi connectivity index (χ0n) is 31.4. The number of aromatic carboxylic acids is 1. The number of phenolic OH excluding ortho intramolecular Hbond substituents is 1. The summed E-state index contributed by atoms with van der Waals surface area (Å²) in [4.78, 5) is 10.0. The number of methoxy groups -OCH3 is 2. The number of carboxylic acid groups (broad SMARTS) is 1. The number of nitrogens with zero attached hydrogens (tertiary/aromatic N) is 4. The molecule has 4 rings (SSSR count). The van der Waals surface area contributed by atoms with Crippen LogP contribution in [0, 0.1) is 6.92 Å². The Bertz CT molecular complexity index is 2360. The maximum absolute atomic E-state index is 12.9. The number of carboxylic acids is 1. The van der Waals surface area contributed by atoms with Crippen molar-refractivity contribution < 1.29 is 198 Å². The smallest absolute Gasteiger partial charge is 0.744 e. The third-order valence-electron chi connectivity index (χ3n) is 7.05. The number of fused-ring (bicyclic) bond motifs is 1. The number of nitrogen functional groups attached to an aromatic ring is 1. The van der Waals surface area contributed by atoms with Crippen molar-refractivity contribution in [2.45, 2.75) is 21.6 Å². The first-order chi connectivity index (χ1) is 25.6. The molecule has 0 aromatic heterocycles. The molecule has 0 bridgehead atoms. The van der Waals surface area contributed by atoms with Gasteiger partial charge in [-0.2, -0.15) is 4.33 Å². The predicted octanol–water partition coefficient (Wildman–Crippen LogP) is -9.62. The molecule has 58 heavy (non-hydrogen) atoms. The zero-order valence-corrected chi connectivity index (χ0v) is 42.7. The fourth-order valence-electron chi connectivity index (χ4n) is 4.62. The average Bonchev–Trinajstić information content (AvgIpc) is 3.12. The summed E-state index contributed by atoms with van der Waals surface area (Å²) in [7, 11) is -6.83. The van der Waals surface area contributed by atoms with Crippen LogP contribution in [-0.2, 0) is 42.9 Å². The Morgan fingerprint density at radius 3 is 2.05 bits per heavy atom. The van der Waals surface area contributed by atoms with Crippen LogP contribution in [0.15, 0.2) is 77.6 Å². The van der Waals surface area contributed by atoms with Gasteiger partial charge in [-0.3, -0.25) is 14.3 Å². The Balaban J connectivity index is 0.00000812. The number of sulfone groups is 1. The van der Waals surface area contributed by atoms with Gasteiger partial charge in [0.2, 0.25) is 0 Å². The molecule has 0 radical (unpaired) electrons. The molecule has 4 aromatic rings. The molecular weight excluding hydrogens is 899 g/mol. The van der Waals surface area contributed by atoms with Gasteiger partial charge in [-0.15, -0.1) is 24.8 Å². The SMILES string of the molecule is COc1cc(N=Nc2cc(S(=O)(=O)[O-])c3cc(SOO[O-])c(N=Nc4cc(S(=O)(=O)CCOSOO[O-])ccc4C(=O)[O-])c(O)c3c2N)c(OC)cc1C.[Na+].[Na+].[Na+].[Na+]. The molecule has 3 N–H and O–H groups in total. The van der Waals surface area contributed by atoms with Gasteiger partial charge < -0.3 is 45.3 Å². The molecule has 30 heteroatoms. The summed E-state index contributed by atoms with van der Waals surface area (Å²) in [6.07, 6.45) is 0. The molecule has 0 atom stereocenters. The van der Waals surface area contributed by atoms with E-state index in [9.17, 15) is 46.9 Å². The first-order valence-corrected chi connectivity index (χ1v) is 18.6. The molecule has 0 saturated heterocycles. The summed E-state index contributed by atoms with van der Waals surface area (Å²) in [6.45, 7) is 1.22. The van der Waals surface area contributed by atoms with Gasteiger partial charge in [0.25, 0.3) is 0 Å². The van der Waals surface area contributed by atoms with Gasteiger partial charge in [0.05, 0.1) is 76.0 Å². The maximum Gasteiger partial charge on any atom is 1.00 e. The van der Waals surface area contributed by atoms with E-state index in [0.29, 0.717) is 11.3 Å². The summed E-state index contributed by atoms with van der Waals surface area (Å²) in [6, 6.07) is 7.26. The van der Waals surface area contributed by atoms with E-state index in [1.165, 1.54) is 20.3 Å². The molecule has 0 heterocycles. The number of benzene rings is 4. The van der Waals surface area contributed by atoms with Crippen LogP contribution in [0.1, 0.15) is 15.9 Å². The number of azo groups is 2. The average molecular weight is 922 g/mol. The molecule has 0 saturated carbocycles. The van der Waals surface area contributed by atoms with E-state index in [0.717, 1.165) is 30.3 Å². The van der Waals surface area contributed by atoms with Crippen molar-refractivity contribution in [2.24, 2.45) is 20.5 Å². The summed E-state index contributed by atoms with van der Waals surface area (Å²) < 4.78 is 86.7. The third-order valence-corrected chi connectivity index (χ3v) is 10.6. The summed E-state index contributed by atoms with van der Waals surface area (Å²) in [5.41, 5.74) is 4.21. The molecule has 0 amide bonds. The summed E-state index contributed by atoms with van der Waals surface area (Å²) >= 11 is 0.115. The van der Waals surface area contributed by atoms with Crippen molar-refractivity contribution >= 4 is 89.5 Å². The number of phenols is 1. The standard InChI is InChI=1S/C28H27N5O17S4.4Na/c1-13-8-21(45-3)18(11-20(13)44-2)31-32-19-12-23(54(41,42)43)16-10-22(51-49-47-37)26(27(34)24(16)25(19)29)33-30-17-9-14(4-5-15(17)28(35)36)53(39,40)7-6-46-52-50-48-38;;;;/h4-5,8-12,34,37-38H,6-7,29H2,1-3H3,(H,35,36)(H,41,42,43);;;;/q;4*+1/p-4. The van der Waals surface area contributed by atoms with Crippen molar-refractivity contribution in [2.75, 3.05) is 32.3 Å². The number of nitrogens with two attached hydrogens (primary N) is 1. The number of aromatic hydroxyl groups is 1. The fraction of sp³-hybridized carbons (Fsp3) is 0.179. The molecule has 290 valence electrons. The quantitative estimate of drug-likeness (QED) is 0.0137. The van der Waals surface area contributed by atoms with Crippen LogP contribution in [0.25, 0.3) is 10.8 Å².